The summed E-state index contributed by atoms with van der Waals surface area (Å²) in [6.07, 6.45) is 1.21. The van der Waals surface area contributed by atoms with Crippen LogP contribution >= 0.6 is 0 Å². The molecule has 1 saturated carbocycles. The van der Waals surface area contributed by atoms with Crippen LogP contribution < -0.4 is 10.6 Å². The molecule has 0 unspecified atom stereocenters. The summed E-state index contributed by atoms with van der Waals surface area (Å²) in [5.41, 5.74) is 1.47. The van der Waals surface area contributed by atoms with E-state index in [4.69, 9.17) is 0 Å². The molecule has 0 aliphatic heterocycles. The monoisotopic (exact) mass is 334 g/mol. The summed E-state index contributed by atoms with van der Waals surface area (Å²) in [6, 6.07) is 7.50. The first-order valence-corrected chi connectivity index (χ1v) is 7.88. The summed E-state index contributed by atoms with van der Waals surface area (Å²) < 4.78 is 27.2. The number of carbonyl (C=O) groups is 1. The molecule has 1 aliphatic rings. The fraction of sp³-hybridized carbons (Fsp3) is 0.412. The van der Waals surface area contributed by atoms with Crippen LogP contribution in [0.25, 0.3) is 0 Å². The molecule has 0 atom stereocenters. The fourth-order valence-electron chi connectivity index (χ4n) is 3.13. The molecule has 2 amide bonds. The van der Waals surface area contributed by atoms with Crippen LogP contribution in [0, 0.1) is 6.92 Å². The van der Waals surface area contributed by atoms with Gasteiger partial charge in [0.25, 0.3) is 6.43 Å². The zero-order valence-electron chi connectivity index (χ0n) is 13.6. The maximum atomic E-state index is 13.1. The highest BCUT2D eigenvalue weighted by Gasteiger charge is 2.40. The lowest BCUT2D eigenvalue weighted by Gasteiger charge is -2.43. The van der Waals surface area contributed by atoms with Crippen LogP contribution in [0.1, 0.15) is 42.5 Å². The second-order valence-electron chi connectivity index (χ2n) is 6.25. The van der Waals surface area contributed by atoms with Gasteiger partial charge in [-0.05, 0) is 31.7 Å². The van der Waals surface area contributed by atoms with Crippen LogP contribution in [0.3, 0.4) is 0 Å². The van der Waals surface area contributed by atoms with Crippen molar-refractivity contribution in [3.8, 4) is 0 Å². The van der Waals surface area contributed by atoms with Crippen molar-refractivity contribution in [2.45, 2.75) is 38.2 Å². The van der Waals surface area contributed by atoms with E-state index >= 15 is 0 Å². The molecule has 1 fully saturated rings. The zero-order chi connectivity index (χ0) is 17.3. The molecular formula is C17H20F2N4O. The Labute approximate surface area is 139 Å². The predicted octanol–water partition coefficient (Wildman–Crippen LogP) is 3.87. The van der Waals surface area contributed by atoms with Gasteiger partial charge in [-0.1, -0.05) is 29.8 Å². The van der Waals surface area contributed by atoms with Gasteiger partial charge in [0, 0.05) is 7.05 Å². The van der Waals surface area contributed by atoms with E-state index in [0.717, 1.165) is 35.1 Å². The number of anilines is 1. The van der Waals surface area contributed by atoms with Crippen molar-refractivity contribution in [2.75, 3.05) is 5.32 Å². The predicted molar refractivity (Wildman–Crippen MR) is 87.0 cm³/mol. The number of alkyl halides is 2. The maximum Gasteiger partial charge on any atom is 0.320 e. The van der Waals surface area contributed by atoms with Crippen LogP contribution in [0.4, 0.5) is 19.3 Å². The molecular weight excluding hydrogens is 314 g/mol. The number of urea groups is 1. The van der Waals surface area contributed by atoms with Gasteiger partial charge in [-0.3, -0.25) is 4.68 Å². The third kappa shape index (κ3) is 2.98. The Bertz CT molecular complexity index is 753. The van der Waals surface area contributed by atoms with Gasteiger partial charge < -0.3 is 10.6 Å². The Kier molecular flexibility index (Phi) is 4.26. The van der Waals surface area contributed by atoms with Crippen LogP contribution in [0.15, 0.2) is 30.5 Å². The van der Waals surface area contributed by atoms with Gasteiger partial charge in [0.15, 0.2) is 0 Å². The summed E-state index contributed by atoms with van der Waals surface area (Å²) in [6.45, 7) is 2.00. The maximum absolute atomic E-state index is 13.1. The van der Waals surface area contributed by atoms with E-state index in [2.05, 4.69) is 15.7 Å². The smallest absolute Gasteiger partial charge is 0.320 e. The molecule has 0 bridgehead atoms. The summed E-state index contributed by atoms with van der Waals surface area (Å²) in [7, 11) is 1.42. The number of rotatable bonds is 4. The van der Waals surface area contributed by atoms with E-state index in [9.17, 15) is 13.6 Å². The Hall–Kier alpha value is -2.44. The van der Waals surface area contributed by atoms with Crippen molar-refractivity contribution in [3.63, 3.8) is 0 Å². The van der Waals surface area contributed by atoms with E-state index < -0.39 is 18.0 Å². The number of nitrogens with zero attached hydrogens (tertiary/aromatic N) is 2. The number of hydrogen-bond acceptors (Lipinski definition) is 2. The van der Waals surface area contributed by atoms with E-state index in [1.165, 1.54) is 13.2 Å². The van der Waals surface area contributed by atoms with Gasteiger partial charge in [-0.15, -0.1) is 0 Å². The van der Waals surface area contributed by atoms with Gasteiger partial charge in [-0.2, -0.15) is 5.10 Å². The third-order valence-corrected chi connectivity index (χ3v) is 4.57. The molecule has 1 aromatic heterocycles. The van der Waals surface area contributed by atoms with Crippen LogP contribution in [-0.4, -0.2) is 15.8 Å². The third-order valence-electron chi connectivity index (χ3n) is 4.57. The highest BCUT2D eigenvalue weighted by atomic mass is 19.3. The van der Waals surface area contributed by atoms with Gasteiger partial charge in [-0.25, -0.2) is 13.6 Å². The first kappa shape index (κ1) is 16.4. The SMILES string of the molecule is Cc1cccc(C2(NC(=O)Nc3cnn(C)c3C(F)F)CCC2)c1. The molecule has 24 heavy (non-hydrogen) atoms. The standard InChI is InChI=1S/C17H20F2N4O/c1-11-5-3-6-12(9-11)17(7-4-8-17)22-16(24)21-13-10-20-23(2)14(13)15(18)19/h3,5-6,9-10,15H,4,7-8H2,1-2H3,(H2,21,22,24). The van der Waals surface area contributed by atoms with E-state index in [0.29, 0.717) is 0 Å². The molecule has 0 radical (unpaired) electrons. The Morgan fingerprint density at radius 2 is 2.12 bits per heavy atom. The molecule has 3 rings (SSSR count). The molecule has 1 aromatic carbocycles. The minimum Gasteiger partial charge on any atom is -0.328 e. The van der Waals surface area contributed by atoms with Crippen molar-refractivity contribution in [1.82, 2.24) is 15.1 Å². The second-order valence-corrected chi connectivity index (χ2v) is 6.25. The number of aromatic nitrogens is 2. The second kappa shape index (κ2) is 6.22. The Morgan fingerprint density at radius 3 is 2.71 bits per heavy atom. The average Bonchev–Trinajstić information content (AvgIpc) is 2.83. The molecule has 0 saturated heterocycles. The van der Waals surface area contributed by atoms with Crippen LogP contribution in [0.2, 0.25) is 0 Å². The van der Waals surface area contributed by atoms with E-state index in [-0.39, 0.29) is 11.4 Å². The molecule has 128 valence electrons. The molecule has 0 spiro atoms. The molecule has 1 aliphatic carbocycles. The normalized spacial score (nSPS) is 15.9. The number of amides is 2. The lowest BCUT2D eigenvalue weighted by molar-refractivity contribution is 0.141. The highest BCUT2D eigenvalue weighted by molar-refractivity contribution is 5.90. The number of aryl methyl sites for hydroxylation is 2. The van der Waals surface area contributed by atoms with Gasteiger partial charge in [0.05, 0.1) is 17.4 Å². The Balaban J connectivity index is 1.77. The number of carbonyl (C=O) groups excluding carboxylic acids is 1. The number of hydrogen-bond donors (Lipinski definition) is 2. The zero-order valence-corrected chi connectivity index (χ0v) is 13.6. The molecule has 1 heterocycles. The molecule has 2 N–H and O–H groups in total. The van der Waals surface area contributed by atoms with Crippen molar-refractivity contribution in [1.29, 1.82) is 0 Å². The first-order chi connectivity index (χ1) is 11.4. The highest BCUT2D eigenvalue weighted by Crippen LogP contribution is 2.41. The minimum absolute atomic E-state index is 0.0312. The van der Waals surface area contributed by atoms with Gasteiger partial charge >= 0.3 is 6.03 Å². The van der Waals surface area contributed by atoms with Crippen molar-refractivity contribution >= 4 is 11.7 Å². The van der Waals surface area contributed by atoms with E-state index in [1.54, 1.807) is 0 Å². The van der Waals surface area contributed by atoms with Crippen molar-refractivity contribution in [2.24, 2.45) is 7.05 Å². The lowest BCUT2D eigenvalue weighted by Crippen LogP contribution is -2.52. The van der Waals surface area contributed by atoms with Crippen LogP contribution in [0.5, 0.6) is 0 Å². The number of nitrogens with one attached hydrogen (secondary N) is 2. The average molecular weight is 334 g/mol. The molecule has 2 aromatic rings. The molecule has 7 heteroatoms. The fourth-order valence-corrected chi connectivity index (χ4v) is 3.13. The topological polar surface area (TPSA) is 59.0 Å². The summed E-state index contributed by atoms with van der Waals surface area (Å²) >= 11 is 0. The van der Waals surface area contributed by atoms with Crippen molar-refractivity contribution < 1.29 is 13.6 Å². The first-order valence-electron chi connectivity index (χ1n) is 7.88. The summed E-state index contributed by atoms with van der Waals surface area (Å²) in [5.74, 6) is 0. The van der Waals surface area contributed by atoms with Gasteiger partial charge in [0.2, 0.25) is 0 Å². The lowest BCUT2D eigenvalue weighted by atomic mass is 9.71. The van der Waals surface area contributed by atoms with Crippen molar-refractivity contribution in [3.05, 3.63) is 47.3 Å². The van der Waals surface area contributed by atoms with E-state index in [1.807, 2.05) is 31.2 Å². The largest absolute Gasteiger partial charge is 0.328 e. The Morgan fingerprint density at radius 1 is 1.38 bits per heavy atom. The summed E-state index contributed by atoms with van der Waals surface area (Å²) in [5, 5.41) is 9.26. The minimum atomic E-state index is -2.71. The summed E-state index contributed by atoms with van der Waals surface area (Å²) in [4.78, 5) is 12.4. The number of halogens is 2. The molecule has 5 nitrogen and oxygen atoms in total. The number of benzene rings is 1. The van der Waals surface area contributed by atoms with Gasteiger partial charge in [0.1, 0.15) is 5.69 Å². The quantitative estimate of drug-likeness (QED) is 0.892. The van der Waals surface area contributed by atoms with Crippen LogP contribution in [-0.2, 0) is 12.6 Å².